The standard InChI is InChI=1S/C29H35N7O2/c1-29(2,3)35-26(37)18-38-23-7-5-6-20(14-23)27-33-25-12-13-36(4)17-24(25)28(34-27)32-22-10-8-19(9-11-22)21(15-30)16-31/h5-11,14-16,30H,12-13,17-18,31H2,1-4H3,(H,35,37)(H,32,33,34)/b21-16+,30-15?. The fourth-order valence-corrected chi connectivity index (χ4v) is 4.22. The van der Waals surface area contributed by atoms with Crippen LogP contribution in [0, 0.1) is 5.41 Å². The van der Waals surface area contributed by atoms with E-state index in [9.17, 15) is 4.79 Å². The number of amides is 1. The number of hydrogen-bond donors (Lipinski definition) is 4. The van der Waals surface area contributed by atoms with Crippen molar-refractivity contribution in [1.82, 2.24) is 20.2 Å². The lowest BCUT2D eigenvalue weighted by Crippen LogP contribution is -2.43. The van der Waals surface area contributed by atoms with Crippen LogP contribution in [-0.2, 0) is 17.8 Å². The number of anilines is 2. The fraction of sp³-hybridized carbons (Fsp3) is 0.310. The molecule has 0 unspecified atom stereocenters. The maximum atomic E-state index is 12.2. The minimum atomic E-state index is -0.319. The molecule has 4 rings (SSSR count). The van der Waals surface area contributed by atoms with Crippen LogP contribution in [0.5, 0.6) is 5.75 Å². The second-order valence-corrected chi connectivity index (χ2v) is 10.4. The molecule has 3 aromatic rings. The molecule has 0 radical (unpaired) electrons. The Balaban J connectivity index is 1.61. The number of hydrogen-bond acceptors (Lipinski definition) is 8. The molecule has 1 aliphatic heterocycles. The number of fused-ring (bicyclic) bond motifs is 1. The first kappa shape index (κ1) is 26.8. The van der Waals surface area contributed by atoms with Crippen molar-refractivity contribution in [2.24, 2.45) is 5.73 Å². The van der Waals surface area contributed by atoms with Gasteiger partial charge in [0, 0.05) is 59.9 Å². The molecule has 5 N–H and O–H groups in total. The Morgan fingerprint density at radius 1 is 1.18 bits per heavy atom. The summed E-state index contributed by atoms with van der Waals surface area (Å²) in [5, 5.41) is 13.9. The Labute approximate surface area is 223 Å². The number of carbonyl (C=O) groups excluding carboxylic acids is 1. The van der Waals surface area contributed by atoms with Crippen molar-refractivity contribution in [2.75, 3.05) is 25.5 Å². The topological polar surface area (TPSA) is 129 Å². The van der Waals surface area contributed by atoms with Gasteiger partial charge in [0.05, 0.1) is 5.69 Å². The predicted molar refractivity (Wildman–Crippen MR) is 152 cm³/mol. The smallest absolute Gasteiger partial charge is 0.258 e. The first-order valence-electron chi connectivity index (χ1n) is 12.6. The highest BCUT2D eigenvalue weighted by molar-refractivity contribution is 6.08. The molecule has 1 aliphatic rings. The number of rotatable bonds is 8. The predicted octanol–water partition coefficient (Wildman–Crippen LogP) is 4.12. The van der Waals surface area contributed by atoms with E-state index in [2.05, 4.69) is 22.6 Å². The molecule has 0 saturated carbocycles. The summed E-state index contributed by atoms with van der Waals surface area (Å²) in [7, 11) is 2.09. The van der Waals surface area contributed by atoms with Crippen molar-refractivity contribution in [3.05, 3.63) is 71.6 Å². The maximum Gasteiger partial charge on any atom is 0.258 e. The zero-order chi connectivity index (χ0) is 27.3. The van der Waals surface area contributed by atoms with Crippen LogP contribution in [-0.4, -0.2) is 52.7 Å². The van der Waals surface area contributed by atoms with E-state index in [1.807, 2.05) is 69.3 Å². The largest absolute Gasteiger partial charge is 0.484 e. The van der Waals surface area contributed by atoms with Crippen molar-refractivity contribution in [3.8, 4) is 17.1 Å². The summed E-state index contributed by atoms with van der Waals surface area (Å²) in [6, 6.07) is 15.2. The van der Waals surface area contributed by atoms with Crippen molar-refractivity contribution >= 4 is 29.2 Å². The molecular weight excluding hydrogens is 478 g/mol. The highest BCUT2D eigenvalue weighted by atomic mass is 16.5. The van der Waals surface area contributed by atoms with Crippen LogP contribution in [0.4, 0.5) is 11.5 Å². The molecule has 0 bridgehead atoms. The van der Waals surface area contributed by atoms with Gasteiger partial charge in [-0.05, 0) is 57.6 Å². The van der Waals surface area contributed by atoms with Gasteiger partial charge in [0.15, 0.2) is 12.4 Å². The summed E-state index contributed by atoms with van der Waals surface area (Å²) in [6.45, 7) is 7.39. The van der Waals surface area contributed by atoms with Gasteiger partial charge in [-0.3, -0.25) is 4.79 Å². The second kappa shape index (κ2) is 11.4. The molecular formula is C29H35N7O2. The molecule has 0 fully saturated rings. The van der Waals surface area contributed by atoms with Crippen molar-refractivity contribution in [1.29, 1.82) is 5.41 Å². The Hall–Kier alpha value is -4.24. The lowest BCUT2D eigenvalue weighted by molar-refractivity contribution is -0.124. The first-order chi connectivity index (χ1) is 18.1. The number of carbonyl (C=O) groups is 1. The molecule has 198 valence electrons. The van der Waals surface area contributed by atoms with E-state index in [-0.39, 0.29) is 18.1 Å². The number of allylic oxidation sites excluding steroid dienone is 1. The van der Waals surface area contributed by atoms with Crippen molar-refractivity contribution in [2.45, 2.75) is 39.3 Å². The summed E-state index contributed by atoms with van der Waals surface area (Å²) in [5.41, 5.74) is 10.6. The molecule has 9 heteroatoms. The molecule has 0 atom stereocenters. The molecule has 0 aliphatic carbocycles. The average Bonchev–Trinajstić information content (AvgIpc) is 2.88. The number of nitrogens with one attached hydrogen (secondary N) is 3. The quantitative estimate of drug-likeness (QED) is 0.334. The molecule has 9 nitrogen and oxygen atoms in total. The third kappa shape index (κ3) is 6.74. The van der Waals surface area contributed by atoms with Gasteiger partial charge >= 0.3 is 0 Å². The van der Waals surface area contributed by atoms with Crippen molar-refractivity contribution < 1.29 is 9.53 Å². The van der Waals surface area contributed by atoms with Crippen LogP contribution in [0.1, 0.15) is 37.6 Å². The summed E-state index contributed by atoms with van der Waals surface area (Å²) >= 11 is 0. The third-order valence-corrected chi connectivity index (χ3v) is 6.04. The first-order valence-corrected chi connectivity index (χ1v) is 12.6. The van der Waals surface area contributed by atoms with Gasteiger partial charge in [-0.25, -0.2) is 9.97 Å². The van der Waals surface area contributed by atoms with Crippen LogP contribution in [0.15, 0.2) is 54.7 Å². The average molecular weight is 514 g/mol. The number of nitrogens with zero attached hydrogens (tertiary/aromatic N) is 3. The SMILES string of the molecule is CN1CCc2nc(-c3cccc(OCC(=O)NC(C)(C)C)c3)nc(Nc3ccc(/C(C=N)=C/N)cc3)c2C1. The second-order valence-electron chi connectivity index (χ2n) is 10.4. The van der Waals surface area contributed by atoms with E-state index in [0.717, 1.165) is 53.4 Å². The Bertz CT molecular complexity index is 1340. The highest BCUT2D eigenvalue weighted by Crippen LogP contribution is 2.30. The van der Waals surface area contributed by atoms with Gasteiger partial charge in [-0.15, -0.1) is 0 Å². The van der Waals surface area contributed by atoms with Gasteiger partial charge < -0.3 is 31.4 Å². The molecule has 0 spiro atoms. The van der Waals surface area contributed by atoms with E-state index in [0.29, 0.717) is 17.1 Å². The molecule has 38 heavy (non-hydrogen) atoms. The molecule has 0 saturated heterocycles. The summed E-state index contributed by atoms with van der Waals surface area (Å²) in [6.07, 6.45) is 3.48. The molecule has 1 amide bonds. The Morgan fingerprint density at radius 2 is 1.95 bits per heavy atom. The van der Waals surface area contributed by atoms with E-state index in [4.69, 9.17) is 25.8 Å². The van der Waals surface area contributed by atoms with Gasteiger partial charge in [0.1, 0.15) is 11.6 Å². The number of ether oxygens (including phenoxy) is 1. The Morgan fingerprint density at radius 3 is 2.63 bits per heavy atom. The van der Waals surface area contributed by atoms with Crippen molar-refractivity contribution in [3.63, 3.8) is 0 Å². The van der Waals surface area contributed by atoms with Crippen LogP contribution in [0.2, 0.25) is 0 Å². The monoisotopic (exact) mass is 513 g/mol. The third-order valence-electron chi connectivity index (χ3n) is 6.04. The zero-order valence-corrected chi connectivity index (χ0v) is 22.3. The van der Waals surface area contributed by atoms with E-state index >= 15 is 0 Å². The van der Waals surface area contributed by atoms with Crippen LogP contribution in [0.25, 0.3) is 17.0 Å². The summed E-state index contributed by atoms with van der Waals surface area (Å²) in [4.78, 5) is 24.3. The normalized spacial score (nSPS) is 13.9. The Kier molecular flexibility index (Phi) is 8.07. The van der Waals surface area contributed by atoms with E-state index in [1.54, 1.807) is 0 Å². The van der Waals surface area contributed by atoms with Crippen LogP contribution < -0.4 is 21.1 Å². The van der Waals surface area contributed by atoms with E-state index < -0.39 is 0 Å². The molecule has 2 heterocycles. The lowest BCUT2D eigenvalue weighted by Gasteiger charge is -2.26. The van der Waals surface area contributed by atoms with Gasteiger partial charge in [-0.1, -0.05) is 24.3 Å². The van der Waals surface area contributed by atoms with Gasteiger partial charge in [0.2, 0.25) is 0 Å². The number of benzene rings is 2. The molecule has 2 aromatic carbocycles. The summed E-state index contributed by atoms with van der Waals surface area (Å²) < 4.78 is 5.76. The minimum absolute atomic E-state index is 0.0695. The fourth-order valence-electron chi connectivity index (χ4n) is 4.22. The van der Waals surface area contributed by atoms with E-state index in [1.165, 1.54) is 12.4 Å². The van der Waals surface area contributed by atoms with Crippen LogP contribution in [0.3, 0.4) is 0 Å². The maximum absolute atomic E-state index is 12.2. The number of likely N-dealkylation sites (N-methyl/N-ethyl adjacent to an activating group) is 1. The highest BCUT2D eigenvalue weighted by Gasteiger charge is 2.22. The minimum Gasteiger partial charge on any atom is -0.484 e. The van der Waals surface area contributed by atoms with Gasteiger partial charge in [-0.2, -0.15) is 0 Å². The lowest BCUT2D eigenvalue weighted by atomic mass is 10.0. The van der Waals surface area contributed by atoms with Gasteiger partial charge in [0.25, 0.3) is 5.91 Å². The molecule has 1 aromatic heterocycles. The summed E-state index contributed by atoms with van der Waals surface area (Å²) in [5.74, 6) is 1.74. The number of nitrogens with two attached hydrogens (primary N) is 1. The zero-order valence-electron chi connectivity index (χ0n) is 22.3. The van der Waals surface area contributed by atoms with Crippen LogP contribution >= 0.6 is 0 Å². The number of aromatic nitrogens is 2.